The van der Waals surface area contributed by atoms with Crippen LogP contribution >= 0.6 is 11.6 Å². The molecule has 0 bridgehead atoms. The molecule has 1 aliphatic rings. The van der Waals surface area contributed by atoms with E-state index < -0.39 is 17.9 Å². The van der Waals surface area contributed by atoms with Gasteiger partial charge in [-0.3, -0.25) is 4.90 Å². The summed E-state index contributed by atoms with van der Waals surface area (Å²) in [5.41, 5.74) is 0.945. The maximum absolute atomic E-state index is 12.8. The van der Waals surface area contributed by atoms with Gasteiger partial charge in [-0.2, -0.15) is 0 Å². The van der Waals surface area contributed by atoms with Crippen LogP contribution in [0.15, 0.2) is 54.9 Å². The summed E-state index contributed by atoms with van der Waals surface area (Å²) >= 11 is 5.95. The van der Waals surface area contributed by atoms with E-state index in [2.05, 4.69) is 18.1 Å². The molecule has 0 aromatic heterocycles. The number of rotatable bonds is 10. The highest BCUT2D eigenvalue weighted by Gasteiger charge is 2.22. The van der Waals surface area contributed by atoms with Gasteiger partial charge in [0.1, 0.15) is 29.9 Å². The monoisotopic (exact) mass is 453 g/mol. The van der Waals surface area contributed by atoms with Gasteiger partial charge in [-0.25, -0.2) is 9.18 Å². The number of β-amino-alcohol motifs (C(OH)–C–C–N with tert-alkyl or cyclic N) is 1. The second-order valence-corrected chi connectivity index (χ2v) is 7.78. The van der Waals surface area contributed by atoms with Crippen molar-refractivity contribution in [2.45, 2.75) is 25.0 Å². The lowest BCUT2D eigenvalue weighted by molar-refractivity contribution is 0.0360. The van der Waals surface area contributed by atoms with Crippen molar-refractivity contribution < 1.29 is 28.5 Å². The van der Waals surface area contributed by atoms with Gasteiger partial charge < -0.3 is 19.3 Å². The SMILES string of the molecule is C=C(F)/C=C\C(=C)CC1CN(CC(O)COc2ccc(Cl)cc2C(=O)OC)CCCO1. The number of hydrogen-bond acceptors (Lipinski definition) is 6. The first-order valence-electron chi connectivity index (χ1n) is 10.0. The molecule has 0 spiro atoms. The van der Waals surface area contributed by atoms with Crippen molar-refractivity contribution in [2.75, 3.05) is 40.0 Å². The normalized spacial score (nSPS) is 18.4. The number of nitrogens with zero attached hydrogens (tertiary/aromatic N) is 1. The Labute approximate surface area is 187 Å². The number of aliphatic hydroxyl groups excluding tert-OH is 1. The first-order valence-corrected chi connectivity index (χ1v) is 10.4. The summed E-state index contributed by atoms with van der Waals surface area (Å²) in [5, 5.41) is 10.9. The molecule has 0 radical (unpaired) electrons. The summed E-state index contributed by atoms with van der Waals surface area (Å²) in [5.74, 6) is -0.793. The van der Waals surface area contributed by atoms with E-state index in [1.54, 1.807) is 18.2 Å². The summed E-state index contributed by atoms with van der Waals surface area (Å²) in [6, 6.07) is 4.64. The summed E-state index contributed by atoms with van der Waals surface area (Å²) < 4.78 is 29.0. The lowest BCUT2D eigenvalue weighted by Crippen LogP contribution is -2.39. The smallest absolute Gasteiger partial charge is 0.341 e. The highest BCUT2D eigenvalue weighted by atomic mass is 35.5. The summed E-state index contributed by atoms with van der Waals surface area (Å²) in [7, 11) is 1.28. The van der Waals surface area contributed by atoms with E-state index >= 15 is 0 Å². The molecule has 1 fully saturated rings. The first kappa shape index (κ1) is 25.1. The van der Waals surface area contributed by atoms with E-state index in [1.807, 2.05) is 0 Å². The van der Waals surface area contributed by atoms with Crippen LogP contribution in [0.1, 0.15) is 23.2 Å². The van der Waals surface area contributed by atoms with Gasteiger partial charge in [0, 0.05) is 31.3 Å². The Kier molecular flexibility index (Phi) is 10.2. The second-order valence-electron chi connectivity index (χ2n) is 7.35. The minimum atomic E-state index is -0.780. The lowest BCUT2D eigenvalue weighted by Gasteiger charge is -2.26. The molecule has 0 saturated carbocycles. The van der Waals surface area contributed by atoms with Crippen molar-refractivity contribution in [1.82, 2.24) is 4.90 Å². The number of ether oxygens (including phenoxy) is 3. The van der Waals surface area contributed by atoms with Crippen molar-refractivity contribution >= 4 is 17.6 Å². The van der Waals surface area contributed by atoms with E-state index in [4.69, 9.17) is 25.8 Å². The number of esters is 1. The molecule has 170 valence electrons. The fourth-order valence-electron chi connectivity index (χ4n) is 3.26. The fourth-order valence-corrected chi connectivity index (χ4v) is 3.43. The molecule has 1 N–H and O–H groups in total. The van der Waals surface area contributed by atoms with E-state index in [1.165, 1.54) is 19.3 Å². The van der Waals surface area contributed by atoms with Crippen LogP contribution in [-0.4, -0.2) is 68.1 Å². The van der Waals surface area contributed by atoms with Crippen molar-refractivity contribution in [2.24, 2.45) is 0 Å². The van der Waals surface area contributed by atoms with Gasteiger partial charge in [-0.05, 0) is 37.1 Å². The number of methoxy groups -OCH3 is 1. The van der Waals surface area contributed by atoms with Crippen LogP contribution in [0.4, 0.5) is 4.39 Å². The average Bonchev–Trinajstić information content (AvgIpc) is 2.95. The summed E-state index contributed by atoms with van der Waals surface area (Å²) in [6.07, 6.45) is 3.37. The maximum Gasteiger partial charge on any atom is 0.341 e. The molecule has 1 aliphatic heterocycles. The van der Waals surface area contributed by atoms with E-state index in [0.29, 0.717) is 36.9 Å². The van der Waals surface area contributed by atoms with Crippen LogP contribution in [0.3, 0.4) is 0 Å². The van der Waals surface area contributed by atoms with Gasteiger partial charge in [-0.15, -0.1) is 0 Å². The highest BCUT2D eigenvalue weighted by molar-refractivity contribution is 6.31. The summed E-state index contributed by atoms with van der Waals surface area (Å²) in [4.78, 5) is 14.0. The van der Waals surface area contributed by atoms with Crippen molar-refractivity contribution in [3.8, 4) is 5.75 Å². The number of halogens is 2. The van der Waals surface area contributed by atoms with E-state index in [9.17, 15) is 14.3 Å². The Morgan fingerprint density at radius 1 is 1.45 bits per heavy atom. The molecular formula is C23H29ClFNO5. The average molecular weight is 454 g/mol. The van der Waals surface area contributed by atoms with Crippen LogP contribution in [-0.2, 0) is 9.47 Å². The topological polar surface area (TPSA) is 68.2 Å². The first-order chi connectivity index (χ1) is 14.8. The van der Waals surface area contributed by atoms with Gasteiger partial charge in [0.15, 0.2) is 0 Å². The number of aliphatic hydroxyl groups is 1. The zero-order valence-corrected chi connectivity index (χ0v) is 18.4. The Bertz CT molecular complexity index is 813. The number of carbonyl (C=O) groups is 1. The standard InChI is InChI=1S/C23H29ClFNO5/c1-16(5-6-17(2)25)11-20-14-26(9-4-10-30-20)13-19(27)15-31-22-8-7-18(24)12-21(22)23(28)29-3/h5-8,12,19-20,27H,1-2,4,9-11,13-15H2,3H3/b6-5-. The van der Waals surface area contributed by atoms with Crippen LogP contribution < -0.4 is 4.74 Å². The zero-order valence-electron chi connectivity index (χ0n) is 17.7. The molecule has 2 rings (SSSR count). The van der Waals surface area contributed by atoms with Crippen LogP contribution in [0.25, 0.3) is 0 Å². The van der Waals surface area contributed by atoms with Crippen LogP contribution in [0.2, 0.25) is 5.02 Å². The molecule has 1 aromatic carbocycles. The number of benzene rings is 1. The molecule has 0 amide bonds. The molecule has 1 saturated heterocycles. The van der Waals surface area contributed by atoms with Crippen molar-refractivity contribution in [3.05, 3.63) is 65.5 Å². The minimum absolute atomic E-state index is 0.00169. The number of carbonyl (C=O) groups excluding carboxylic acids is 1. The summed E-state index contributed by atoms with van der Waals surface area (Å²) in [6.45, 7) is 9.48. The third-order valence-electron chi connectivity index (χ3n) is 4.67. The largest absolute Gasteiger partial charge is 0.490 e. The molecule has 1 heterocycles. The molecule has 31 heavy (non-hydrogen) atoms. The lowest BCUT2D eigenvalue weighted by atomic mass is 10.1. The zero-order chi connectivity index (χ0) is 22.8. The maximum atomic E-state index is 12.8. The molecule has 6 nitrogen and oxygen atoms in total. The van der Waals surface area contributed by atoms with Crippen molar-refractivity contribution in [1.29, 1.82) is 0 Å². The Morgan fingerprint density at radius 3 is 2.94 bits per heavy atom. The van der Waals surface area contributed by atoms with Crippen LogP contribution in [0, 0.1) is 0 Å². The number of hydrogen-bond donors (Lipinski definition) is 1. The molecule has 8 heteroatoms. The Balaban J connectivity index is 1.89. The molecular weight excluding hydrogens is 425 g/mol. The molecule has 0 aliphatic carbocycles. The third-order valence-corrected chi connectivity index (χ3v) is 4.91. The number of allylic oxidation sites excluding steroid dienone is 3. The van der Waals surface area contributed by atoms with Crippen molar-refractivity contribution in [3.63, 3.8) is 0 Å². The molecule has 2 atom stereocenters. The highest BCUT2D eigenvalue weighted by Crippen LogP contribution is 2.24. The van der Waals surface area contributed by atoms with Gasteiger partial charge in [0.05, 0.1) is 13.2 Å². The van der Waals surface area contributed by atoms with Gasteiger partial charge in [-0.1, -0.05) is 36.4 Å². The van der Waals surface area contributed by atoms with Crippen LogP contribution in [0.5, 0.6) is 5.75 Å². The molecule has 2 unspecified atom stereocenters. The quantitative estimate of drug-likeness (QED) is 0.427. The Morgan fingerprint density at radius 2 is 2.23 bits per heavy atom. The molecule has 1 aromatic rings. The second kappa shape index (κ2) is 12.6. The van der Waals surface area contributed by atoms with Gasteiger partial charge >= 0.3 is 5.97 Å². The fraction of sp³-hybridized carbons (Fsp3) is 0.435. The van der Waals surface area contributed by atoms with Gasteiger partial charge in [0.25, 0.3) is 0 Å². The Hall–Kier alpha value is -2.19. The third kappa shape index (κ3) is 8.83. The van der Waals surface area contributed by atoms with E-state index in [-0.39, 0.29) is 18.3 Å². The minimum Gasteiger partial charge on any atom is -0.490 e. The van der Waals surface area contributed by atoms with Gasteiger partial charge in [0.2, 0.25) is 0 Å². The van der Waals surface area contributed by atoms with E-state index in [0.717, 1.165) is 18.5 Å². The predicted octanol–water partition coefficient (Wildman–Crippen LogP) is 3.94. The predicted molar refractivity (Wildman–Crippen MR) is 118 cm³/mol.